The Kier molecular flexibility index (Phi) is 4.50. The highest BCUT2D eigenvalue weighted by molar-refractivity contribution is 7.86. The maximum absolute atomic E-state index is 11.0. The summed E-state index contributed by atoms with van der Waals surface area (Å²) in [6, 6.07) is 0. The summed E-state index contributed by atoms with van der Waals surface area (Å²) in [5.41, 5.74) is 4.78. The lowest BCUT2D eigenvalue weighted by atomic mass is 10.3. The van der Waals surface area contributed by atoms with Crippen molar-refractivity contribution in [2.24, 2.45) is 5.73 Å². The van der Waals surface area contributed by atoms with E-state index in [4.69, 9.17) is 10.8 Å². The largest absolute Gasteiger partial charge is 0.481 e. The zero-order chi connectivity index (χ0) is 9.72. The van der Waals surface area contributed by atoms with E-state index in [0.717, 1.165) is 0 Å². The van der Waals surface area contributed by atoms with E-state index in [1.807, 2.05) is 0 Å². The van der Waals surface area contributed by atoms with E-state index in [1.54, 1.807) is 0 Å². The van der Waals surface area contributed by atoms with Crippen molar-refractivity contribution in [1.82, 2.24) is 0 Å². The van der Waals surface area contributed by atoms with Crippen LogP contribution in [0.25, 0.3) is 0 Å². The van der Waals surface area contributed by atoms with E-state index in [9.17, 15) is 13.8 Å². The van der Waals surface area contributed by atoms with Gasteiger partial charge in [-0.1, -0.05) is 6.92 Å². The molecule has 2 atom stereocenters. The number of hydrogen-bond acceptors (Lipinski definition) is 3. The Labute approximate surface area is 72.4 Å². The van der Waals surface area contributed by atoms with Gasteiger partial charge in [0.1, 0.15) is 5.75 Å². The molecule has 0 saturated carbocycles. The second-order valence-electron chi connectivity index (χ2n) is 2.40. The molecular weight excluding hydrogens is 182 g/mol. The van der Waals surface area contributed by atoms with Gasteiger partial charge in [-0.3, -0.25) is 13.8 Å². The molecule has 0 spiro atoms. The molecule has 1 amide bonds. The third-order valence-corrected chi connectivity index (χ3v) is 2.83. The topological polar surface area (TPSA) is 97.5 Å². The zero-order valence-corrected chi connectivity index (χ0v) is 7.47. The van der Waals surface area contributed by atoms with Crippen molar-refractivity contribution in [3.05, 3.63) is 0 Å². The van der Waals surface area contributed by atoms with Crippen molar-refractivity contribution in [2.75, 3.05) is 5.75 Å². The van der Waals surface area contributed by atoms with Gasteiger partial charge in [-0.2, -0.15) is 0 Å². The molecule has 5 nitrogen and oxygen atoms in total. The zero-order valence-electron chi connectivity index (χ0n) is 6.65. The van der Waals surface area contributed by atoms with Crippen molar-refractivity contribution in [2.45, 2.75) is 18.6 Å². The minimum atomic E-state index is -1.47. The van der Waals surface area contributed by atoms with E-state index < -0.39 is 27.9 Å². The highest BCUT2D eigenvalue weighted by atomic mass is 32.2. The Morgan fingerprint density at radius 1 is 1.58 bits per heavy atom. The average molecular weight is 193 g/mol. The summed E-state index contributed by atoms with van der Waals surface area (Å²) in [7, 11) is -1.47. The molecule has 0 aliphatic heterocycles. The molecule has 0 aromatic carbocycles. The van der Waals surface area contributed by atoms with E-state index in [-0.39, 0.29) is 12.2 Å². The molecule has 0 aliphatic carbocycles. The number of carboxylic acid groups (broad SMARTS) is 1. The predicted octanol–water partition coefficient (Wildman–Crippen LogP) is -0.916. The van der Waals surface area contributed by atoms with Gasteiger partial charge in [-0.15, -0.1) is 0 Å². The van der Waals surface area contributed by atoms with Crippen molar-refractivity contribution in [1.29, 1.82) is 0 Å². The van der Waals surface area contributed by atoms with Crippen LogP contribution in [0.3, 0.4) is 0 Å². The van der Waals surface area contributed by atoms with E-state index in [2.05, 4.69) is 0 Å². The summed E-state index contributed by atoms with van der Waals surface area (Å²) in [5.74, 6) is -1.97. The Bertz CT molecular complexity index is 216. The summed E-state index contributed by atoms with van der Waals surface area (Å²) in [6.07, 6.45) is -0.208. The highest BCUT2D eigenvalue weighted by Gasteiger charge is 2.16. The molecule has 70 valence electrons. The van der Waals surface area contributed by atoms with Gasteiger partial charge in [0.15, 0.2) is 0 Å². The summed E-state index contributed by atoms with van der Waals surface area (Å²) in [5, 5.41) is 7.78. The number of carboxylic acids is 1. The second-order valence-corrected chi connectivity index (χ2v) is 4.25. The second kappa shape index (κ2) is 4.87. The molecule has 6 heteroatoms. The molecule has 0 heterocycles. The third kappa shape index (κ3) is 4.84. The van der Waals surface area contributed by atoms with Gasteiger partial charge < -0.3 is 10.8 Å². The number of nitrogens with two attached hydrogens (primary N) is 1. The van der Waals surface area contributed by atoms with Crippen LogP contribution in [0, 0.1) is 0 Å². The van der Waals surface area contributed by atoms with Crippen LogP contribution in [0.1, 0.15) is 13.3 Å². The molecule has 0 rings (SSSR count). The number of rotatable bonds is 5. The molecule has 0 fully saturated rings. The Balaban J connectivity index is 3.93. The number of carbonyl (C=O) groups is 2. The Hall–Kier alpha value is -0.910. The molecule has 3 N–H and O–H groups in total. The van der Waals surface area contributed by atoms with Gasteiger partial charge in [0, 0.05) is 16.0 Å². The van der Waals surface area contributed by atoms with Crippen LogP contribution in [0.5, 0.6) is 0 Å². The van der Waals surface area contributed by atoms with Crippen molar-refractivity contribution < 1.29 is 18.9 Å². The minimum absolute atomic E-state index is 0.208. The lowest BCUT2D eigenvalue weighted by Crippen LogP contribution is -2.26. The standard InChI is InChI=1S/C6H11NO4S/c1-4(2-6(9)10)12(11)3-5(7)8/h4H,2-3H2,1H3,(H2,7,8)(H,9,10). The highest BCUT2D eigenvalue weighted by Crippen LogP contribution is 2.00. The normalized spacial score (nSPS) is 15.1. The molecule has 12 heavy (non-hydrogen) atoms. The van der Waals surface area contributed by atoms with Gasteiger partial charge in [0.05, 0.1) is 6.42 Å². The number of carbonyl (C=O) groups excluding carboxylic acids is 1. The maximum atomic E-state index is 11.0. The molecule has 0 bridgehead atoms. The van der Waals surface area contributed by atoms with Crippen LogP contribution in [0.15, 0.2) is 0 Å². The predicted molar refractivity (Wildman–Crippen MR) is 43.9 cm³/mol. The first-order valence-electron chi connectivity index (χ1n) is 3.30. The van der Waals surface area contributed by atoms with Crippen LogP contribution < -0.4 is 5.73 Å². The van der Waals surface area contributed by atoms with E-state index in [0.29, 0.717) is 0 Å². The Morgan fingerprint density at radius 2 is 2.08 bits per heavy atom. The molecule has 2 unspecified atom stereocenters. The van der Waals surface area contributed by atoms with Gasteiger partial charge in [0.25, 0.3) is 0 Å². The molecule has 0 radical (unpaired) electrons. The lowest BCUT2D eigenvalue weighted by Gasteiger charge is -2.05. The smallest absolute Gasteiger partial charge is 0.304 e. The number of primary amides is 1. The number of hydrogen-bond donors (Lipinski definition) is 2. The fourth-order valence-corrected chi connectivity index (χ4v) is 1.51. The summed E-state index contributed by atoms with van der Waals surface area (Å²) in [6.45, 7) is 1.51. The molecule has 0 saturated heterocycles. The third-order valence-electron chi connectivity index (χ3n) is 1.20. The molecule has 0 aliphatic rings. The fraction of sp³-hybridized carbons (Fsp3) is 0.667. The molecular formula is C6H11NO4S. The van der Waals surface area contributed by atoms with Gasteiger partial charge in [-0.05, 0) is 0 Å². The van der Waals surface area contributed by atoms with Crippen molar-refractivity contribution in [3.8, 4) is 0 Å². The number of amides is 1. The van der Waals surface area contributed by atoms with Crippen LogP contribution >= 0.6 is 0 Å². The summed E-state index contributed by atoms with van der Waals surface area (Å²) < 4.78 is 11.0. The van der Waals surface area contributed by atoms with Crippen molar-refractivity contribution >= 4 is 22.7 Å². The first-order chi connectivity index (χ1) is 5.43. The fourth-order valence-electron chi connectivity index (χ4n) is 0.621. The first kappa shape index (κ1) is 11.1. The van der Waals surface area contributed by atoms with E-state index in [1.165, 1.54) is 6.92 Å². The summed E-state index contributed by atoms with van der Waals surface area (Å²) >= 11 is 0. The van der Waals surface area contributed by atoms with Gasteiger partial charge >= 0.3 is 5.97 Å². The molecule has 0 aromatic heterocycles. The SMILES string of the molecule is CC(CC(=O)O)S(=O)CC(N)=O. The van der Waals surface area contributed by atoms with Crippen LogP contribution in [-0.2, 0) is 20.4 Å². The van der Waals surface area contributed by atoms with Crippen LogP contribution in [-0.4, -0.2) is 32.2 Å². The maximum Gasteiger partial charge on any atom is 0.304 e. The quantitative estimate of drug-likeness (QED) is 0.590. The monoisotopic (exact) mass is 193 g/mol. The minimum Gasteiger partial charge on any atom is -0.481 e. The lowest BCUT2D eigenvalue weighted by molar-refractivity contribution is -0.137. The average Bonchev–Trinajstić information content (AvgIpc) is 1.84. The van der Waals surface area contributed by atoms with Gasteiger partial charge in [0.2, 0.25) is 5.91 Å². The van der Waals surface area contributed by atoms with E-state index >= 15 is 0 Å². The number of aliphatic carboxylic acids is 1. The van der Waals surface area contributed by atoms with Crippen LogP contribution in [0.2, 0.25) is 0 Å². The first-order valence-corrected chi connectivity index (χ1v) is 4.69. The Morgan fingerprint density at radius 3 is 2.42 bits per heavy atom. The molecule has 0 aromatic rings. The van der Waals surface area contributed by atoms with Crippen molar-refractivity contribution in [3.63, 3.8) is 0 Å². The van der Waals surface area contributed by atoms with Crippen LogP contribution in [0.4, 0.5) is 0 Å². The van der Waals surface area contributed by atoms with Gasteiger partial charge in [-0.25, -0.2) is 0 Å². The summed E-state index contributed by atoms with van der Waals surface area (Å²) in [4.78, 5) is 20.4.